The third-order valence-electron chi connectivity index (χ3n) is 4.11. The standard InChI is InChI=1S/C16H23FN2O/c1-3-11(2)15(18)16(20)19(13-8-9-13)10-12-6-4-5-7-14(12)17/h4-7,11,13,15H,3,8-10,18H2,1-2H3/t11-,15-/m0/s1. The topological polar surface area (TPSA) is 46.3 Å². The molecule has 1 amide bonds. The second-order valence-corrected chi connectivity index (χ2v) is 5.70. The van der Waals surface area contributed by atoms with Crippen LogP contribution in [0.1, 0.15) is 38.7 Å². The van der Waals surface area contributed by atoms with Crippen LogP contribution in [0.3, 0.4) is 0 Å². The van der Waals surface area contributed by atoms with Crippen molar-refractivity contribution in [3.63, 3.8) is 0 Å². The maximum atomic E-state index is 13.8. The lowest BCUT2D eigenvalue weighted by Crippen LogP contribution is -2.47. The van der Waals surface area contributed by atoms with Gasteiger partial charge in [0.1, 0.15) is 5.82 Å². The summed E-state index contributed by atoms with van der Waals surface area (Å²) in [5.74, 6) is -0.169. The van der Waals surface area contributed by atoms with E-state index in [1.54, 1.807) is 23.1 Å². The molecule has 0 bridgehead atoms. The third-order valence-corrected chi connectivity index (χ3v) is 4.11. The Balaban J connectivity index is 2.12. The molecule has 1 saturated carbocycles. The molecule has 1 aliphatic rings. The first kappa shape index (κ1) is 15.0. The van der Waals surface area contributed by atoms with Crippen molar-refractivity contribution >= 4 is 5.91 Å². The van der Waals surface area contributed by atoms with Crippen molar-refractivity contribution in [2.75, 3.05) is 0 Å². The second-order valence-electron chi connectivity index (χ2n) is 5.70. The molecule has 4 heteroatoms. The highest BCUT2D eigenvalue weighted by Crippen LogP contribution is 2.30. The van der Waals surface area contributed by atoms with Crippen molar-refractivity contribution in [2.45, 2.75) is 51.7 Å². The van der Waals surface area contributed by atoms with Gasteiger partial charge in [0.25, 0.3) is 0 Å². The Hall–Kier alpha value is -1.42. The fourth-order valence-corrected chi connectivity index (χ4v) is 2.27. The first-order chi connectivity index (χ1) is 9.54. The molecule has 0 radical (unpaired) electrons. The van der Waals surface area contributed by atoms with Crippen molar-refractivity contribution in [2.24, 2.45) is 11.7 Å². The van der Waals surface area contributed by atoms with E-state index >= 15 is 0 Å². The van der Waals surface area contributed by atoms with Crippen LogP contribution in [0.2, 0.25) is 0 Å². The summed E-state index contributed by atoms with van der Waals surface area (Å²) >= 11 is 0. The van der Waals surface area contributed by atoms with Gasteiger partial charge in [-0.05, 0) is 24.8 Å². The van der Waals surface area contributed by atoms with Gasteiger partial charge < -0.3 is 10.6 Å². The summed E-state index contributed by atoms with van der Waals surface area (Å²) in [6.07, 6.45) is 2.85. The molecule has 110 valence electrons. The van der Waals surface area contributed by atoms with Crippen LogP contribution in [0.4, 0.5) is 4.39 Å². The van der Waals surface area contributed by atoms with Gasteiger partial charge in [-0.3, -0.25) is 4.79 Å². The Morgan fingerprint density at radius 2 is 2.10 bits per heavy atom. The molecule has 2 N–H and O–H groups in total. The average molecular weight is 278 g/mol. The lowest BCUT2D eigenvalue weighted by Gasteiger charge is -2.28. The Kier molecular flexibility index (Phi) is 4.76. The molecule has 0 saturated heterocycles. The quantitative estimate of drug-likeness (QED) is 0.869. The molecular formula is C16H23FN2O. The van der Waals surface area contributed by atoms with E-state index in [9.17, 15) is 9.18 Å². The number of carbonyl (C=O) groups excluding carboxylic acids is 1. The predicted molar refractivity (Wildman–Crippen MR) is 77.4 cm³/mol. The van der Waals surface area contributed by atoms with Crippen LogP contribution < -0.4 is 5.73 Å². The predicted octanol–water partition coefficient (Wildman–Crippen LogP) is 2.69. The van der Waals surface area contributed by atoms with Gasteiger partial charge in [0.05, 0.1) is 6.04 Å². The molecule has 1 aliphatic carbocycles. The molecule has 3 nitrogen and oxygen atoms in total. The van der Waals surface area contributed by atoms with Gasteiger partial charge >= 0.3 is 0 Å². The largest absolute Gasteiger partial charge is 0.334 e. The SMILES string of the molecule is CC[C@H](C)[C@H](N)C(=O)N(Cc1ccccc1F)C1CC1. The Bertz CT molecular complexity index is 473. The zero-order valence-corrected chi connectivity index (χ0v) is 12.2. The van der Waals surface area contributed by atoms with Crippen molar-refractivity contribution in [3.05, 3.63) is 35.6 Å². The van der Waals surface area contributed by atoms with E-state index in [2.05, 4.69) is 0 Å². The average Bonchev–Trinajstić information content (AvgIpc) is 3.28. The van der Waals surface area contributed by atoms with Crippen LogP contribution in [-0.4, -0.2) is 22.9 Å². The number of hydrogen-bond donors (Lipinski definition) is 1. The monoisotopic (exact) mass is 278 g/mol. The molecule has 20 heavy (non-hydrogen) atoms. The Labute approximate surface area is 120 Å². The number of nitrogens with two attached hydrogens (primary N) is 1. The van der Waals surface area contributed by atoms with Crippen LogP contribution in [0, 0.1) is 11.7 Å². The van der Waals surface area contributed by atoms with Gasteiger partial charge in [-0.25, -0.2) is 4.39 Å². The lowest BCUT2D eigenvalue weighted by atomic mass is 9.98. The first-order valence-electron chi connectivity index (χ1n) is 7.34. The summed E-state index contributed by atoms with van der Waals surface area (Å²) < 4.78 is 13.8. The lowest BCUT2D eigenvalue weighted by molar-refractivity contribution is -0.135. The van der Waals surface area contributed by atoms with Crippen molar-refractivity contribution in [3.8, 4) is 0 Å². The van der Waals surface area contributed by atoms with E-state index < -0.39 is 6.04 Å². The zero-order chi connectivity index (χ0) is 14.7. The minimum absolute atomic E-state index is 0.0508. The van der Waals surface area contributed by atoms with Crippen LogP contribution in [-0.2, 0) is 11.3 Å². The summed E-state index contributed by atoms with van der Waals surface area (Å²) in [5, 5.41) is 0. The molecule has 0 spiro atoms. The maximum Gasteiger partial charge on any atom is 0.240 e. The summed E-state index contributed by atoms with van der Waals surface area (Å²) in [4.78, 5) is 14.3. The van der Waals surface area contributed by atoms with Crippen LogP contribution in [0.25, 0.3) is 0 Å². The van der Waals surface area contributed by atoms with Gasteiger partial charge in [-0.15, -0.1) is 0 Å². The van der Waals surface area contributed by atoms with E-state index in [0.717, 1.165) is 19.3 Å². The van der Waals surface area contributed by atoms with Gasteiger partial charge in [-0.2, -0.15) is 0 Å². The number of halogens is 1. The molecule has 0 aliphatic heterocycles. The van der Waals surface area contributed by atoms with Crippen LogP contribution in [0.15, 0.2) is 24.3 Å². The van der Waals surface area contributed by atoms with Crippen LogP contribution in [0.5, 0.6) is 0 Å². The van der Waals surface area contributed by atoms with Crippen LogP contribution >= 0.6 is 0 Å². The van der Waals surface area contributed by atoms with E-state index in [1.807, 2.05) is 13.8 Å². The van der Waals surface area contributed by atoms with E-state index in [1.165, 1.54) is 6.07 Å². The fourth-order valence-electron chi connectivity index (χ4n) is 2.27. The van der Waals surface area contributed by atoms with E-state index in [-0.39, 0.29) is 23.7 Å². The Morgan fingerprint density at radius 1 is 1.45 bits per heavy atom. The summed E-state index contributed by atoms with van der Waals surface area (Å²) in [5.41, 5.74) is 6.60. The number of rotatable bonds is 6. The molecule has 1 fully saturated rings. The number of amides is 1. The molecule has 2 rings (SSSR count). The normalized spacial score (nSPS) is 17.6. The third kappa shape index (κ3) is 3.37. The van der Waals surface area contributed by atoms with Gasteiger partial charge in [0.15, 0.2) is 0 Å². The summed E-state index contributed by atoms with van der Waals surface area (Å²) in [6.45, 7) is 4.33. The highest BCUT2D eigenvalue weighted by molar-refractivity contribution is 5.82. The number of nitrogens with zero attached hydrogens (tertiary/aromatic N) is 1. The van der Waals surface area contributed by atoms with Crippen molar-refractivity contribution in [1.29, 1.82) is 0 Å². The smallest absolute Gasteiger partial charge is 0.240 e. The summed E-state index contributed by atoms with van der Waals surface area (Å²) in [6, 6.07) is 6.35. The van der Waals surface area contributed by atoms with Gasteiger partial charge in [0.2, 0.25) is 5.91 Å². The molecule has 0 unspecified atom stereocenters. The highest BCUT2D eigenvalue weighted by Gasteiger charge is 2.36. The molecule has 2 atom stereocenters. The molecule has 0 aromatic heterocycles. The Morgan fingerprint density at radius 3 is 2.65 bits per heavy atom. The second kappa shape index (κ2) is 6.35. The minimum atomic E-state index is -0.493. The number of carbonyl (C=O) groups is 1. The molecular weight excluding hydrogens is 255 g/mol. The van der Waals surface area contributed by atoms with E-state index in [0.29, 0.717) is 12.1 Å². The van der Waals surface area contributed by atoms with E-state index in [4.69, 9.17) is 5.73 Å². The number of hydrogen-bond acceptors (Lipinski definition) is 2. The van der Waals surface area contributed by atoms with Crippen molar-refractivity contribution < 1.29 is 9.18 Å². The first-order valence-corrected chi connectivity index (χ1v) is 7.34. The van der Waals surface area contributed by atoms with Crippen molar-refractivity contribution in [1.82, 2.24) is 4.90 Å². The van der Waals surface area contributed by atoms with Gasteiger partial charge in [-0.1, -0.05) is 38.5 Å². The minimum Gasteiger partial charge on any atom is -0.334 e. The summed E-state index contributed by atoms with van der Waals surface area (Å²) in [7, 11) is 0. The highest BCUT2D eigenvalue weighted by atomic mass is 19.1. The number of benzene rings is 1. The zero-order valence-electron chi connectivity index (χ0n) is 12.2. The molecule has 1 aromatic carbocycles. The fraction of sp³-hybridized carbons (Fsp3) is 0.562. The molecule has 1 aromatic rings. The van der Waals surface area contributed by atoms with Gasteiger partial charge in [0, 0.05) is 18.2 Å². The maximum absolute atomic E-state index is 13.8. The molecule has 0 heterocycles.